The average molecular weight is 313 g/mol. The van der Waals surface area contributed by atoms with E-state index in [1.807, 2.05) is 13.8 Å². The Morgan fingerprint density at radius 2 is 1.88 bits per heavy atom. The number of halogens is 1. The second-order valence-electron chi connectivity index (χ2n) is 4.61. The predicted octanol–water partition coefficient (Wildman–Crippen LogP) is 1.68. The lowest BCUT2D eigenvalue weighted by Crippen LogP contribution is -2.47. The van der Waals surface area contributed by atoms with Crippen molar-refractivity contribution in [2.75, 3.05) is 25.5 Å². The monoisotopic (exact) mass is 312 g/mol. The Bertz CT molecular complexity index is 311. The van der Waals surface area contributed by atoms with E-state index in [-0.39, 0.29) is 6.04 Å². The lowest BCUT2D eigenvalue weighted by molar-refractivity contribution is 0.266. The minimum Gasteiger partial charge on any atom is -0.195 e. The molecule has 0 aliphatic carbocycles. The Morgan fingerprint density at radius 1 is 1.38 bits per heavy atom. The third-order valence-electron chi connectivity index (χ3n) is 3.21. The van der Waals surface area contributed by atoms with E-state index in [4.69, 9.17) is 0 Å². The topological polar surface area (TPSA) is 40.6 Å². The van der Waals surface area contributed by atoms with Gasteiger partial charge < -0.3 is 0 Å². The van der Waals surface area contributed by atoms with Gasteiger partial charge in [-0.15, -0.1) is 0 Å². The largest absolute Gasteiger partial charge is 0.281 e. The Morgan fingerprint density at radius 3 is 2.25 bits per heavy atom. The fourth-order valence-electron chi connectivity index (χ4n) is 1.74. The number of hydrogen-bond donors (Lipinski definition) is 0. The van der Waals surface area contributed by atoms with Gasteiger partial charge in [0.2, 0.25) is 0 Å². The first kappa shape index (κ1) is 14.4. The zero-order valence-electron chi connectivity index (χ0n) is 10.2. The fraction of sp³-hybridized carbons (Fsp3) is 1.00. The zero-order valence-corrected chi connectivity index (χ0v) is 12.6. The molecule has 96 valence electrons. The summed E-state index contributed by atoms with van der Waals surface area (Å²) in [5.41, 5.74) is 0. The van der Waals surface area contributed by atoms with Crippen LogP contribution in [0.5, 0.6) is 0 Å². The molecule has 0 atom stereocenters. The van der Waals surface area contributed by atoms with Crippen LogP contribution in [0.25, 0.3) is 0 Å². The van der Waals surface area contributed by atoms with E-state index >= 15 is 0 Å². The molecule has 0 spiro atoms. The van der Waals surface area contributed by atoms with Gasteiger partial charge in [-0.05, 0) is 32.6 Å². The maximum atomic E-state index is 12.2. The van der Waals surface area contributed by atoms with Gasteiger partial charge in [0, 0.05) is 31.5 Å². The summed E-state index contributed by atoms with van der Waals surface area (Å²) in [5.74, 6) is 0.621. The molecule has 0 saturated carbocycles. The first-order valence-corrected chi connectivity index (χ1v) is 8.20. The van der Waals surface area contributed by atoms with Crippen LogP contribution in [0.2, 0.25) is 0 Å². The molecule has 6 heteroatoms. The quantitative estimate of drug-likeness (QED) is 0.741. The highest BCUT2D eigenvalue weighted by atomic mass is 79.9. The molecule has 1 aliphatic heterocycles. The number of piperidine rings is 1. The number of alkyl halides is 1. The smallest absolute Gasteiger partial charge is 0.195 e. The molecule has 4 nitrogen and oxygen atoms in total. The van der Waals surface area contributed by atoms with Crippen LogP contribution >= 0.6 is 15.9 Å². The Hall–Kier alpha value is 0.350. The molecule has 16 heavy (non-hydrogen) atoms. The second-order valence-corrected chi connectivity index (χ2v) is 7.25. The van der Waals surface area contributed by atoms with Gasteiger partial charge in [0.15, 0.2) is 0 Å². The summed E-state index contributed by atoms with van der Waals surface area (Å²) in [6.45, 7) is 5.08. The van der Waals surface area contributed by atoms with E-state index in [0.29, 0.717) is 19.0 Å². The van der Waals surface area contributed by atoms with Crippen molar-refractivity contribution in [2.24, 2.45) is 5.92 Å². The SMILES string of the molecule is CC(C)N(C)S(=O)(=O)N1CCC(CBr)CC1. The molecule has 1 fully saturated rings. The molecule has 0 bridgehead atoms. The molecule has 0 amide bonds. The van der Waals surface area contributed by atoms with Crippen LogP contribution < -0.4 is 0 Å². The van der Waals surface area contributed by atoms with Crippen molar-refractivity contribution < 1.29 is 8.42 Å². The lowest BCUT2D eigenvalue weighted by atomic mass is 10.0. The van der Waals surface area contributed by atoms with Crippen molar-refractivity contribution in [3.8, 4) is 0 Å². The van der Waals surface area contributed by atoms with Crippen LogP contribution in [0.1, 0.15) is 26.7 Å². The van der Waals surface area contributed by atoms with Gasteiger partial charge in [-0.3, -0.25) is 0 Å². The van der Waals surface area contributed by atoms with E-state index < -0.39 is 10.2 Å². The van der Waals surface area contributed by atoms with Crippen molar-refractivity contribution in [3.63, 3.8) is 0 Å². The number of nitrogens with zero attached hydrogens (tertiary/aromatic N) is 2. The highest BCUT2D eigenvalue weighted by molar-refractivity contribution is 9.09. The lowest BCUT2D eigenvalue weighted by Gasteiger charge is -2.34. The Labute approximate surface area is 107 Å². The van der Waals surface area contributed by atoms with E-state index in [1.54, 1.807) is 11.4 Å². The van der Waals surface area contributed by atoms with Gasteiger partial charge in [0.1, 0.15) is 0 Å². The van der Waals surface area contributed by atoms with Crippen LogP contribution in [-0.2, 0) is 10.2 Å². The normalized spacial score (nSPS) is 20.9. The van der Waals surface area contributed by atoms with E-state index in [1.165, 1.54) is 4.31 Å². The fourth-order valence-corrected chi connectivity index (χ4v) is 3.96. The average Bonchev–Trinajstić information content (AvgIpc) is 2.28. The highest BCUT2D eigenvalue weighted by Crippen LogP contribution is 2.22. The van der Waals surface area contributed by atoms with Crippen molar-refractivity contribution in [3.05, 3.63) is 0 Å². The first-order valence-electron chi connectivity index (χ1n) is 5.68. The summed E-state index contributed by atoms with van der Waals surface area (Å²) in [5, 5.41) is 0.973. The maximum absolute atomic E-state index is 12.2. The van der Waals surface area contributed by atoms with E-state index in [9.17, 15) is 8.42 Å². The summed E-state index contributed by atoms with van der Waals surface area (Å²) in [6, 6.07) is 0.0129. The molecule has 1 rings (SSSR count). The number of hydrogen-bond acceptors (Lipinski definition) is 2. The molecule has 0 radical (unpaired) electrons. The minimum absolute atomic E-state index is 0.0129. The molecular weight excluding hydrogens is 292 g/mol. The molecule has 0 N–H and O–H groups in total. The van der Waals surface area contributed by atoms with Crippen molar-refractivity contribution in [2.45, 2.75) is 32.7 Å². The molecule has 0 aromatic carbocycles. The van der Waals surface area contributed by atoms with Crippen LogP contribution in [0, 0.1) is 5.92 Å². The van der Waals surface area contributed by atoms with Gasteiger partial charge in [0.05, 0.1) is 0 Å². The van der Waals surface area contributed by atoms with Gasteiger partial charge >= 0.3 is 0 Å². The Kier molecular flexibility index (Phi) is 5.22. The molecule has 0 unspecified atom stereocenters. The van der Waals surface area contributed by atoms with Crippen molar-refractivity contribution in [1.29, 1.82) is 0 Å². The highest BCUT2D eigenvalue weighted by Gasteiger charge is 2.31. The standard InChI is InChI=1S/C10H21BrN2O2S/c1-9(2)12(3)16(14,15)13-6-4-10(8-11)5-7-13/h9-10H,4-8H2,1-3H3. The van der Waals surface area contributed by atoms with Gasteiger partial charge in [-0.25, -0.2) is 0 Å². The van der Waals surface area contributed by atoms with Crippen LogP contribution in [0.15, 0.2) is 0 Å². The van der Waals surface area contributed by atoms with Crippen molar-refractivity contribution >= 4 is 26.1 Å². The summed E-state index contributed by atoms with van der Waals surface area (Å²) < 4.78 is 27.4. The third-order valence-corrected chi connectivity index (χ3v) is 6.29. The van der Waals surface area contributed by atoms with E-state index in [2.05, 4.69) is 15.9 Å². The molecule has 1 aliphatic rings. The Balaban J connectivity index is 2.65. The minimum atomic E-state index is -3.24. The van der Waals surface area contributed by atoms with Crippen LogP contribution in [0.4, 0.5) is 0 Å². The summed E-state index contributed by atoms with van der Waals surface area (Å²) >= 11 is 3.46. The zero-order chi connectivity index (χ0) is 12.3. The number of rotatable bonds is 4. The second kappa shape index (κ2) is 5.80. The molecule has 1 heterocycles. The summed E-state index contributed by atoms with van der Waals surface area (Å²) in [7, 11) is -1.59. The molecule has 0 aromatic heterocycles. The molecule has 1 saturated heterocycles. The van der Waals surface area contributed by atoms with E-state index in [0.717, 1.165) is 18.2 Å². The van der Waals surface area contributed by atoms with Gasteiger partial charge in [0.25, 0.3) is 10.2 Å². The van der Waals surface area contributed by atoms with Crippen LogP contribution in [-0.4, -0.2) is 48.5 Å². The van der Waals surface area contributed by atoms with Gasteiger partial charge in [-0.1, -0.05) is 15.9 Å². The van der Waals surface area contributed by atoms with Gasteiger partial charge in [-0.2, -0.15) is 17.0 Å². The predicted molar refractivity (Wildman–Crippen MR) is 69.9 cm³/mol. The summed E-state index contributed by atoms with van der Waals surface area (Å²) in [4.78, 5) is 0. The molecule has 0 aromatic rings. The first-order chi connectivity index (χ1) is 7.39. The summed E-state index contributed by atoms with van der Waals surface area (Å²) in [6.07, 6.45) is 1.91. The van der Waals surface area contributed by atoms with Crippen LogP contribution in [0.3, 0.4) is 0 Å². The molecular formula is C10H21BrN2O2S. The van der Waals surface area contributed by atoms with Crippen molar-refractivity contribution in [1.82, 2.24) is 8.61 Å². The maximum Gasteiger partial charge on any atom is 0.281 e. The third kappa shape index (κ3) is 3.18.